The van der Waals surface area contributed by atoms with Gasteiger partial charge in [-0.3, -0.25) is 9.59 Å². The second-order valence-corrected chi connectivity index (χ2v) is 8.54. The highest BCUT2D eigenvalue weighted by Gasteiger charge is 2.30. The topological polar surface area (TPSA) is 77.5 Å². The van der Waals surface area contributed by atoms with Gasteiger partial charge < -0.3 is 4.74 Å². The summed E-state index contributed by atoms with van der Waals surface area (Å²) in [6.45, 7) is 5.46. The quantitative estimate of drug-likeness (QED) is 0.607. The first-order chi connectivity index (χ1) is 10.7. The molecule has 0 spiro atoms. The first kappa shape index (κ1) is 17.7. The molecule has 0 N–H and O–H groups in total. The Balaban J connectivity index is 1.89. The van der Waals surface area contributed by atoms with E-state index >= 15 is 0 Å². The monoisotopic (exact) mass is 338 g/mol. The molecular formula is C17H22O5S. The molecule has 0 bridgehead atoms. The zero-order valence-corrected chi connectivity index (χ0v) is 14.5. The lowest BCUT2D eigenvalue weighted by Gasteiger charge is -2.10. The molecule has 1 fully saturated rings. The Bertz CT molecular complexity index is 734. The summed E-state index contributed by atoms with van der Waals surface area (Å²) in [5.74, 6) is -0.774. The van der Waals surface area contributed by atoms with E-state index < -0.39 is 15.8 Å². The van der Waals surface area contributed by atoms with Crippen LogP contribution in [0.2, 0.25) is 0 Å². The molecule has 0 saturated carbocycles. The van der Waals surface area contributed by atoms with Gasteiger partial charge >= 0.3 is 5.97 Å². The summed E-state index contributed by atoms with van der Waals surface area (Å²) in [5, 5.41) is 0. The Morgan fingerprint density at radius 2 is 1.78 bits per heavy atom. The van der Waals surface area contributed by atoms with Gasteiger partial charge in [0.25, 0.3) is 0 Å². The molecule has 1 aromatic carbocycles. The maximum Gasteiger partial charge on any atom is 0.306 e. The molecule has 1 aromatic rings. The number of benzene rings is 1. The molecular weight excluding hydrogens is 316 g/mol. The van der Waals surface area contributed by atoms with Crippen LogP contribution < -0.4 is 0 Å². The Labute approximate surface area is 137 Å². The molecule has 126 valence electrons. The zero-order chi connectivity index (χ0) is 17.2. The van der Waals surface area contributed by atoms with Crippen LogP contribution in [0.5, 0.6) is 0 Å². The molecule has 0 unspecified atom stereocenters. The molecule has 5 nitrogen and oxygen atoms in total. The second kappa shape index (κ2) is 6.83. The number of rotatable bonds is 5. The highest BCUT2D eigenvalue weighted by Crippen LogP contribution is 2.22. The molecule has 1 aliphatic heterocycles. The maximum atomic E-state index is 12.2. The molecule has 1 heterocycles. The van der Waals surface area contributed by atoms with Crippen LogP contribution in [0, 0.1) is 26.7 Å². The lowest BCUT2D eigenvalue weighted by atomic mass is 9.98. The average molecular weight is 338 g/mol. The number of Topliss-reactive ketones (excluding diaryl/α,β-unsaturated/α-hetero) is 1. The lowest BCUT2D eigenvalue weighted by molar-refractivity contribution is -0.143. The number of carbonyl (C=O) groups is 2. The van der Waals surface area contributed by atoms with Crippen LogP contribution in [0.4, 0.5) is 0 Å². The summed E-state index contributed by atoms with van der Waals surface area (Å²) in [7, 11) is -3.00. The van der Waals surface area contributed by atoms with E-state index in [1.54, 1.807) is 0 Å². The smallest absolute Gasteiger partial charge is 0.306 e. The number of hydrogen-bond acceptors (Lipinski definition) is 5. The minimum Gasteiger partial charge on any atom is -0.457 e. The Hall–Kier alpha value is -1.69. The van der Waals surface area contributed by atoms with Crippen LogP contribution >= 0.6 is 0 Å². The van der Waals surface area contributed by atoms with Gasteiger partial charge in [0, 0.05) is 12.0 Å². The number of hydrogen-bond donors (Lipinski definition) is 0. The van der Waals surface area contributed by atoms with E-state index in [9.17, 15) is 18.0 Å². The predicted octanol–water partition coefficient (Wildman–Crippen LogP) is 2.16. The lowest BCUT2D eigenvalue weighted by Crippen LogP contribution is -2.18. The van der Waals surface area contributed by atoms with Crippen molar-refractivity contribution < 1.29 is 22.7 Å². The third-order valence-electron chi connectivity index (χ3n) is 4.29. The van der Waals surface area contributed by atoms with Crippen molar-refractivity contribution in [3.63, 3.8) is 0 Å². The Kier molecular flexibility index (Phi) is 5.24. The number of esters is 1. The van der Waals surface area contributed by atoms with Crippen LogP contribution in [0.1, 0.15) is 39.9 Å². The van der Waals surface area contributed by atoms with Crippen LogP contribution in [0.3, 0.4) is 0 Å². The van der Waals surface area contributed by atoms with E-state index in [1.165, 1.54) is 0 Å². The normalized spacial score (nSPS) is 19.5. The van der Waals surface area contributed by atoms with Crippen molar-refractivity contribution >= 4 is 21.6 Å². The van der Waals surface area contributed by atoms with Gasteiger partial charge in [-0.15, -0.1) is 0 Å². The molecule has 0 radical (unpaired) electrons. The van der Waals surface area contributed by atoms with Gasteiger partial charge in [0.2, 0.25) is 5.78 Å². The average Bonchev–Trinajstić information content (AvgIpc) is 2.79. The van der Waals surface area contributed by atoms with Crippen LogP contribution in [-0.4, -0.2) is 38.3 Å². The van der Waals surface area contributed by atoms with Crippen LogP contribution in [0.25, 0.3) is 0 Å². The van der Waals surface area contributed by atoms with E-state index in [0.29, 0.717) is 12.0 Å². The van der Waals surface area contributed by atoms with E-state index in [1.807, 2.05) is 32.9 Å². The van der Waals surface area contributed by atoms with E-state index in [2.05, 4.69) is 0 Å². The third-order valence-corrected chi connectivity index (χ3v) is 6.12. The van der Waals surface area contributed by atoms with Gasteiger partial charge in [-0.25, -0.2) is 8.42 Å². The molecule has 1 aliphatic rings. The fraction of sp³-hybridized carbons (Fsp3) is 0.529. The van der Waals surface area contributed by atoms with Gasteiger partial charge in [0.1, 0.15) is 0 Å². The SMILES string of the molecule is Cc1cc(C)c(C(=O)COC(=O)C[C@H]2CCS(=O)(=O)C2)cc1C. The van der Waals surface area contributed by atoms with Crippen LogP contribution in [0.15, 0.2) is 12.1 Å². The fourth-order valence-corrected chi connectivity index (χ4v) is 4.67. The van der Waals surface area contributed by atoms with Crippen molar-refractivity contribution in [1.29, 1.82) is 0 Å². The third kappa shape index (κ3) is 4.64. The second-order valence-electron chi connectivity index (χ2n) is 6.31. The van der Waals surface area contributed by atoms with Gasteiger partial charge in [-0.1, -0.05) is 6.07 Å². The minimum absolute atomic E-state index is 0.0340. The molecule has 2 rings (SSSR count). The number of ether oxygens (including phenoxy) is 1. The summed E-state index contributed by atoms with van der Waals surface area (Å²) in [5.41, 5.74) is 3.54. The number of carbonyl (C=O) groups excluding carboxylic acids is 2. The van der Waals surface area contributed by atoms with E-state index in [0.717, 1.165) is 16.7 Å². The molecule has 0 amide bonds. The summed E-state index contributed by atoms with van der Waals surface area (Å²) in [6, 6.07) is 3.75. The first-order valence-corrected chi connectivity index (χ1v) is 9.47. The van der Waals surface area contributed by atoms with Crippen LogP contribution in [-0.2, 0) is 19.4 Å². The highest BCUT2D eigenvalue weighted by molar-refractivity contribution is 7.91. The molecule has 6 heteroatoms. The Morgan fingerprint density at radius 1 is 1.13 bits per heavy atom. The number of ketones is 1. The molecule has 0 aliphatic carbocycles. The summed E-state index contributed by atoms with van der Waals surface area (Å²) >= 11 is 0. The predicted molar refractivity (Wildman–Crippen MR) is 87.3 cm³/mol. The van der Waals surface area contributed by atoms with E-state index in [-0.39, 0.29) is 36.2 Å². The van der Waals surface area contributed by atoms with Crippen molar-refractivity contribution in [3.8, 4) is 0 Å². The van der Waals surface area contributed by atoms with Crippen molar-refractivity contribution in [2.75, 3.05) is 18.1 Å². The summed E-state index contributed by atoms with van der Waals surface area (Å²) in [4.78, 5) is 24.0. The summed E-state index contributed by atoms with van der Waals surface area (Å²) in [6.07, 6.45) is 0.542. The minimum atomic E-state index is -3.00. The van der Waals surface area contributed by atoms with Crippen molar-refractivity contribution in [2.45, 2.75) is 33.6 Å². The number of aryl methyl sites for hydroxylation is 3. The largest absolute Gasteiger partial charge is 0.457 e. The van der Waals surface area contributed by atoms with Gasteiger partial charge in [-0.2, -0.15) is 0 Å². The Morgan fingerprint density at radius 3 is 2.39 bits per heavy atom. The van der Waals surface area contributed by atoms with Crippen molar-refractivity contribution in [2.24, 2.45) is 5.92 Å². The number of sulfone groups is 1. The van der Waals surface area contributed by atoms with E-state index in [4.69, 9.17) is 4.74 Å². The zero-order valence-electron chi connectivity index (χ0n) is 13.7. The molecule has 1 saturated heterocycles. The molecule has 1 atom stereocenters. The fourth-order valence-electron chi connectivity index (χ4n) is 2.81. The van der Waals surface area contributed by atoms with Gasteiger partial charge in [0.05, 0.1) is 11.5 Å². The molecule has 23 heavy (non-hydrogen) atoms. The van der Waals surface area contributed by atoms with Gasteiger partial charge in [0.15, 0.2) is 16.4 Å². The first-order valence-electron chi connectivity index (χ1n) is 7.65. The van der Waals surface area contributed by atoms with Crippen molar-refractivity contribution in [3.05, 3.63) is 34.4 Å². The maximum absolute atomic E-state index is 12.2. The highest BCUT2D eigenvalue weighted by atomic mass is 32.2. The molecule has 0 aromatic heterocycles. The van der Waals surface area contributed by atoms with Gasteiger partial charge in [-0.05, 0) is 55.9 Å². The standard InChI is InChI=1S/C17H22O5S/c1-11-6-13(3)15(7-12(11)2)16(18)9-22-17(19)8-14-4-5-23(20,21)10-14/h6-7,14H,4-5,8-10H2,1-3H3/t14-/m1/s1. The van der Waals surface area contributed by atoms with Crippen molar-refractivity contribution in [1.82, 2.24) is 0 Å². The summed E-state index contributed by atoms with van der Waals surface area (Å²) < 4.78 is 27.8.